The number of nitrogens with zero attached hydrogens (tertiary/aromatic N) is 4. The second-order valence-electron chi connectivity index (χ2n) is 7.94. The monoisotopic (exact) mass is 477 g/mol. The number of thiazole rings is 1. The highest BCUT2D eigenvalue weighted by atomic mass is 32.2. The van der Waals surface area contributed by atoms with Crippen molar-refractivity contribution in [2.75, 3.05) is 5.32 Å². The van der Waals surface area contributed by atoms with Gasteiger partial charge in [-0.3, -0.25) is 4.79 Å². The van der Waals surface area contributed by atoms with E-state index in [1.165, 1.54) is 16.9 Å². The Labute approximate surface area is 202 Å². The number of hydrogen-bond acceptors (Lipinski definition) is 6. The van der Waals surface area contributed by atoms with Gasteiger partial charge in [0.15, 0.2) is 11.0 Å². The molecule has 170 valence electrons. The highest BCUT2D eigenvalue weighted by Gasteiger charge is 2.15. The average Bonchev–Trinajstić information content (AvgIpc) is 3.41. The Hall–Kier alpha value is -2.97. The normalized spacial score (nSPS) is 11.0. The van der Waals surface area contributed by atoms with Crippen LogP contribution < -0.4 is 5.32 Å². The fourth-order valence-electron chi connectivity index (χ4n) is 3.43. The summed E-state index contributed by atoms with van der Waals surface area (Å²) < 4.78 is 2.18. The number of aromatic nitrogens is 4. The molecule has 0 saturated heterocycles. The topological polar surface area (TPSA) is 72.7 Å². The van der Waals surface area contributed by atoms with Gasteiger partial charge in [0, 0.05) is 28.9 Å². The summed E-state index contributed by atoms with van der Waals surface area (Å²) in [4.78, 5) is 17.0. The van der Waals surface area contributed by atoms with Crippen LogP contribution in [-0.2, 0) is 23.5 Å². The predicted molar refractivity (Wildman–Crippen MR) is 136 cm³/mol. The van der Waals surface area contributed by atoms with Crippen molar-refractivity contribution in [3.05, 3.63) is 75.7 Å². The summed E-state index contributed by atoms with van der Waals surface area (Å²) in [5, 5.41) is 15.6. The molecule has 4 aromatic rings. The van der Waals surface area contributed by atoms with Crippen LogP contribution in [0.25, 0.3) is 11.4 Å². The Kier molecular flexibility index (Phi) is 7.57. The molecule has 1 amide bonds. The summed E-state index contributed by atoms with van der Waals surface area (Å²) in [6.07, 6.45) is 1.27. The molecule has 6 nitrogen and oxygen atoms in total. The number of nitrogens with one attached hydrogen (secondary N) is 1. The van der Waals surface area contributed by atoms with Gasteiger partial charge < -0.3 is 9.88 Å². The number of carbonyl (C=O) groups excluding carboxylic acids is 1. The number of anilines is 1. The van der Waals surface area contributed by atoms with Gasteiger partial charge in [-0.2, -0.15) is 0 Å². The fraction of sp³-hybridized carbons (Fsp3) is 0.280. The summed E-state index contributed by atoms with van der Waals surface area (Å²) in [7, 11) is 0. The number of thioether (sulfide) groups is 1. The summed E-state index contributed by atoms with van der Waals surface area (Å²) >= 11 is 3.14. The van der Waals surface area contributed by atoms with Crippen molar-refractivity contribution in [3.8, 4) is 11.4 Å². The minimum atomic E-state index is -0.0575. The second-order valence-corrected chi connectivity index (χ2v) is 9.82. The molecule has 2 aromatic heterocycles. The van der Waals surface area contributed by atoms with Gasteiger partial charge in [0.25, 0.3) is 0 Å². The van der Waals surface area contributed by atoms with E-state index in [0.717, 1.165) is 51.5 Å². The molecule has 33 heavy (non-hydrogen) atoms. The summed E-state index contributed by atoms with van der Waals surface area (Å²) in [6, 6.07) is 16.1. The van der Waals surface area contributed by atoms with Crippen molar-refractivity contribution >= 4 is 34.7 Å². The van der Waals surface area contributed by atoms with Crippen LogP contribution in [0.4, 0.5) is 5.69 Å². The zero-order valence-corrected chi connectivity index (χ0v) is 20.7. The number of carbonyl (C=O) groups is 1. The molecule has 0 aliphatic heterocycles. The van der Waals surface area contributed by atoms with Gasteiger partial charge in [0.05, 0.1) is 12.1 Å². The zero-order valence-electron chi connectivity index (χ0n) is 19.0. The Morgan fingerprint density at radius 2 is 1.91 bits per heavy atom. The molecule has 0 fully saturated rings. The standard InChI is InChI=1S/C25H27N5OS2/c1-4-12-30-24(19-7-5-6-18(3)13-19)28-29-25(30)33-16-21-15-32-23(27-21)14-22(31)26-20-10-8-17(2)9-11-20/h5-11,13,15H,4,12,14,16H2,1-3H3,(H,26,31). The molecule has 0 saturated carbocycles. The maximum atomic E-state index is 12.4. The van der Waals surface area contributed by atoms with E-state index in [9.17, 15) is 4.79 Å². The first-order chi connectivity index (χ1) is 16.0. The van der Waals surface area contributed by atoms with Crippen LogP contribution in [-0.4, -0.2) is 25.7 Å². The number of amides is 1. The van der Waals surface area contributed by atoms with Crippen molar-refractivity contribution < 1.29 is 4.79 Å². The van der Waals surface area contributed by atoms with E-state index in [1.54, 1.807) is 11.8 Å². The maximum Gasteiger partial charge on any atom is 0.231 e. The zero-order chi connectivity index (χ0) is 23.2. The second kappa shape index (κ2) is 10.8. The van der Waals surface area contributed by atoms with Gasteiger partial charge in [-0.1, -0.05) is 60.1 Å². The molecule has 4 rings (SSSR count). The molecule has 0 unspecified atom stereocenters. The van der Waals surface area contributed by atoms with E-state index in [0.29, 0.717) is 5.75 Å². The molecule has 1 N–H and O–H groups in total. The molecule has 8 heteroatoms. The van der Waals surface area contributed by atoms with E-state index < -0.39 is 0 Å². The summed E-state index contributed by atoms with van der Waals surface area (Å²) in [5.41, 5.74) is 5.20. The first-order valence-corrected chi connectivity index (χ1v) is 12.8. The number of rotatable bonds is 9. The smallest absolute Gasteiger partial charge is 0.231 e. The van der Waals surface area contributed by atoms with Gasteiger partial charge in [-0.25, -0.2) is 4.98 Å². The first-order valence-electron chi connectivity index (χ1n) is 10.9. The van der Waals surface area contributed by atoms with Crippen LogP contribution in [0.5, 0.6) is 0 Å². The van der Waals surface area contributed by atoms with Gasteiger partial charge in [0.1, 0.15) is 5.01 Å². The molecule has 0 bridgehead atoms. The first kappa shape index (κ1) is 23.2. The van der Waals surface area contributed by atoms with Crippen molar-refractivity contribution in [1.82, 2.24) is 19.7 Å². The largest absolute Gasteiger partial charge is 0.326 e. The van der Waals surface area contributed by atoms with Crippen LogP contribution in [0.15, 0.2) is 59.1 Å². The highest BCUT2D eigenvalue weighted by molar-refractivity contribution is 7.98. The maximum absolute atomic E-state index is 12.4. The van der Waals surface area contributed by atoms with E-state index in [-0.39, 0.29) is 12.3 Å². The van der Waals surface area contributed by atoms with E-state index in [4.69, 9.17) is 0 Å². The number of hydrogen-bond donors (Lipinski definition) is 1. The third kappa shape index (κ3) is 6.09. The molecular formula is C25H27N5OS2. The molecule has 2 aromatic carbocycles. The molecular weight excluding hydrogens is 450 g/mol. The highest BCUT2D eigenvalue weighted by Crippen LogP contribution is 2.27. The Balaban J connectivity index is 1.39. The minimum Gasteiger partial charge on any atom is -0.326 e. The number of benzene rings is 2. The minimum absolute atomic E-state index is 0.0575. The lowest BCUT2D eigenvalue weighted by molar-refractivity contribution is -0.115. The quantitative estimate of drug-likeness (QED) is 0.304. The van der Waals surface area contributed by atoms with Gasteiger partial charge in [0.2, 0.25) is 5.91 Å². The van der Waals surface area contributed by atoms with E-state index in [2.05, 4.69) is 57.1 Å². The summed E-state index contributed by atoms with van der Waals surface area (Å²) in [5.74, 6) is 1.53. The van der Waals surface area contributed by atoms with Crippen molar-refractivity contribution in [1.29, 1.82) is 0 Å². The average molecular weight is 478 g/mol. The van der Waals surface area contributed by atoms with Crippen LogP contribution in [0, 0.1) is 13.8 Å². The SMILES string of the molecule is CCCn1c(SCc2csc(CC(=O)Nc3ccc(C)cc3)n2)nnc1-c1cccc(C)c1. The molecule has 0 atom stereocenters. The lowest BCUT2D eigenvalue weighted by Crippen LogP contribution is -2.14. The number of aryl methyl sites for hydroxylation is 2. The lowest BCUT2D eigenvalue weighted by Gasteiger charge is -2.09. The van der Waals surface area contributed by atoms with Crippen LogP contribution in [0.1, 0.15) is 35.2 Å². The molecule has 0 radical (unpaired) electrons. The third-order valence-electron chi connectivity index (χ3n) is 5.04. The lowest BCUT2D eigenvalue weighted by atomic mass is 10.1. The Morgan fingerprint density at radius 1 is 1.09 bits per heavy atom. The Bertz CT molecular complexity index is 1230. The van der Waals surface area contributed by atoms with Crippen molar-refractivity contribution in [2.45, 2.75) is 51.1 Å². The van der Waals surface area contributed by atoms with Crippen LogP contribution >= 0.6 is 23.1 Å². The van der Waals surface area contributed by atoms with Gasteiger partial charge in [-0.05, 0) is 38.5 Å². The molecule has 0 aliphatic rings. The van der Waals surface area contributed by atoms with Crippen LogP contribution in [0.2, 0.25) is 0 Å². The molecule has 0 aliphatic carbocycles. The Morgan fingerprint density at radius 3 is 2.67 bits per heavy atom. The van der Waals surface area contributed by atoms with Crippen molar-refractivity contribution in [3.63, 3.8) is 0 Å². The predicted octanol–water partition coefficient (Wildman–Crippen LogP) is 5.90. The van der Waals surface area contributed by atoms with Gasteiger partial charge in [-0.15, -0.1) is 21.5 Å². The van der Waals surface area contributed by atoms with E-state index in [1.807, 2.05) is 42.6 Å². The van der Waals surface area contributed by atoms with Crippen LogP contribution in [0.3, 0.4) is 0 Å². The van der Waals surface area contributed by atoms with Crippen molar-refractivity contribution in [2.24, 2.45) is 0 Å². The van der Waals surface area contributed by atoms with Gasteiger partial charge >= 0.3 is 0 Å². The molecule has 2 heterocycles. The summed E-state index contributed by atoms with van der Waals surface area (Å²) in [6.45, 7) is 7.12. The fourth-order valence-corrected chi connectivity index (χ4v) is 5.19. The molecule has 0 spiro atoms. The van der Waals surface area contributed by atoms with E-state index >= 15 is 0 Å². The third-order valence-corrected chi connectivity index (χ3v) is 6.93.